The number of nitrogens with one attached hydrogen (secondary N) is 1. The fraction of sp³-hybridized carbons (Fsp3) is 0.800. The number of ether oxygens (including phenoxy) is 1. The van der Waals surface area contributed by atoms with Crippen molar-refractivity contribution in [2.45, 2.75) is 26.3 Å². The fourth-order valence-electron chi connectivity index (χ4n) is 1.58. The molecule has 86 valence electrons. The molecule has 1 saturated heterocycles. The number of hydrogen-bond acceptors (Lipinski definition) is 4. The number of amides is 1. The molecule has 1 aliphatic heterocycles. The Labute approximate surface area is 89.8 Å². The predicted octanol–water partition coefficient (Wildman–Crippen LogP) is -0.240. The summed E-state index contributed by atoms with van der Waals surface area (Å²) in [4.78, 5) is 24.5. The normalized spacial score (nSPS) is 20.3. The van der Waals surface area contributed by atoms with Gasteiger partial charge in [0.15, 0.2) is 0 Å². The highest BCUT2D eigenvalue weighted by molar-refractivity contribution is 5.77. The largest absolute Gasteiger partial charge is 0.465 e. The minimum Gasteiger partial charge on any atom is -0.465 e. The summed E-state index contributed by atoms with van der Waals surface area (Å²) in [7, 11) is 0. The van der Waals surface area contributed by atoms with Gasteiger partial charge in [0.05, 0.1) is 6.61 Å². The second-order valence-electron chi connectivity index (χ2n) is 3.56. The van der Waals surface area contributed by atoms with Gasteiger partial charge in [-0.1, -0.05) is 0 Å². The van der Waals surface area contributed by atoms with Crippen molar-refractivity contribution in [2.24, 2.45) is 0 Å². The highest BCUT2D eigenvalue weighted by atomic mass is 16.5. The standard InChI is InChI=1S/C10H18N2O3/c1-3-15-10(14)8(2)12-6-4-9(13)11-5-7-12/h8H,3-7H2,1-2H3,(H,11,13). The van der Waals surface area contributed by atoms with Crippen LogP contribution < -0.4 is 5.32 Å². The van der Waals surface area contributed by atoms with Crippen LogP contribution in [0.4, 0.5) is 0 Å². The van der Waals surface area contributed by atoms with Crippen LogP contribution in [-0.2, 0) is 14.3 Å². The first kappa shape index (κ1) is 12.0. The highest BCUT2D eigenvalue weighted by Crippen LogP contribution is 2.04. The molecule has 0 bridgehead atoms. The summed E-state index contributed by atoms with van der Waals surface area (Å²) in [5.74, 6) is -0.166. The molecule has 0 spiro atoms. The lowest BCUT2D eigenvalue weighted by Gasteiger charge is -2.24. The molecule has 1 rings (SSSR count). The maximum Gasteiger partial charge on any atom is 0.323 e. The van der Waals surface area contributed by atoms with Gasteiger partial charge in [-0.05, 0) is 13.8 Å². The van der Waals surface area contributed by atoms with Gasteiger partial charge >= 0.3 is 5.97 Å². The van der Waals surface area contributed by atoms with E-state index in [4.69, 9.17) is 4.74 Å². The lowest BCUT2D eigenvalue weighted by atomic mass is 10.2. The minimum absolute atomic E-state index is 0.0496. The van der Waals surface area contributed by atoms with Gasteiger partial charge in [-0.25, -0.2) is 0 Å². The van der Waals surface area contributed by atoms with E-state index in [0.29, 0.717) is 32.7 Å². The number of rotatable bonds is 3. The van der Waals surface area contributed by atoms with Gasteiger partial charge < -0.3 is 10.1 Å². The second-order valence-corrected chi connectivity index (χ2v) is 3.56. The number of carbonyl (C=O) groups is 2. The fourth-order valence-corrected chi connectivity index (χ4v) is 1.58. The first-order valence-electron chi connectivity index (χ1n) is 5.32. The Bertz CT molecular complexity index is 243. The predicted molar refractivity (Wildman–Crippen MR) is 55.3 cm³/mol. The lowest BCUT2D eigenvalue weighted by Crippen LogP contribution is -2.41. The SMILES string of the molecule is CCOC(=O)C(C)N1CCNC(=O)CC1. The van der Waals surface area contributed by atoms with Crippen molar-refractivity contribution in [1.82, 2.24) is 10.2 Å². The molecule has 0 aliphatic carbocycles. The third kappa shape index (κ3) is 3.51. The molecular formula is C10H18N2O3. The zero-order valence-corrected chi connectivity index (χ0v) is 9.28. The highest BCUT2D eigenvalue weighted by Gasteiger charge is 2.24. The maximum absolute atomic E-state index is 11.5. The van der Waals surface area contributed by atoms with E-state index in [-0.39, 0.29) is 17.9 Å². The summed E-state index contributed by atoms with van der Waals surface area (Å²) < 4.78 is 4.94. The van der Waals surface area contributed by atoms with E-state index in [9.17, 15) is 9.59 Å². The van der Waals surface area contributed by atoms with Gasteiger partial charge in [0.25, 0.3) is 0 Å². The molecule has 0 radical (unpaired) electrons. The molecule has 5 heteroatoms. The average Bonchev–Trinajstić information content (AvgIpc) is 2.42. The van der Waals surface area contributed by atoms with E-state index in [1.165, 1.54) is 0 Å². The van der Waals surface area contributed by atoms with E-state index in [2.05, 4.69) is 5.32 Å². The molecule has 5 nitrogen and oxygen atoms in total. The number of carbonyl (C=O) groups excluding carboxylic acids is 2. The van der Waals surface area contributed by atoms with Crippen LogP contribution in [0.3, 0.4) is 0 Å². The number of nitrogens with zero attached hydrogens (tertiary/aromatic N) is 1. The van der Waals surface area contributed by atoms with Crippen LogP contribution in [0.2, 0.25) is 0 Å². The van der Waals surface area contributed by atoms with E-state index in [1.807, 2.05) is 11.8 Å². The average molecular weight is 214 g/mol. The molecule has 1 amide bonds. The number of hydrogen-bond donors (Lipinski definition) is 1. The monoisotopic (exact) mass is 214 g/mol. The van der Waals surface area contributed by atoms with Crippen LogP contribution in [0.25, 0.3) is 0 Å². The number of esters is 1. The van der Waals surface area contributed by atoms with Crippen LogP contribution in [0.1, 0.15) is 20.3 Å². The van der Waals surface area contributed by atoms with Gasteiger partial charge in [0.1, 0.15) is 6.04 Å². The molecule has 1 atom stereocenters. The summed E-state index contributed by atoms with van der Waals surface area (Å²) >= 11 is 0. The van der Waals surface area contributed by atoms with Gasteiger partial charge in [0, 0.05) is 26.1 Å². The van der Waals surface area contributed by atoms with Crippen molar-refractivity contribution in [1.29, 1.82) is 0 Å². The Morgan fingerprint density at radius 1 is 1.60 bits per heavy atom. The molecule has 0 aromatic heterocycles. The van der Waals surface area contributed by atoms with Crippen molar-refractivity contribution >= 4 is 11.9 Å². The molecular weight excluding hydrogens is 196 g/mol. The molecule has 1 N–H and O–H groups in total. The topological polar surface area (TPSA) is 58.6 Å². The minimum atomic E-state index is -0.266. The summed E-state index contributed by atoms with van der Waals surface area (Å²) in [6.45, 7) is 5.92. The Hall–Kier alpha value is -1.10. The summed E-state index contributed by atoms with van der Waals surface area (Å²) in [5, 5.41) is 2.77. The third-order valence-electron chi connectivity index (χ3n) is 2.52. The van der Waals surface area contributed by atoms with Crippen LogP contribution in [0.15, 0.2) is 0 Å². The zero-order valence-electron chi connectivity index (χ0n) is 9.28. The van der Waals surface area contributed by atoms with E-state index in [1.54, 1.807) is 6.92 Å². The lowest BCUT2D eigenvalue weighted by molar-refractivity contribution is -0.148. The Balaban J connectivity index is 2.47. The van der Waals surface area contributed by atoms with Crippen LogP contribution in [0.5, 0.6) is 0 Å². The summed E-state index contributed by atoms with van der Waals surface area (Å²) in [5.41, 5.74) is 0. The van der Waals surface area contributed by atoms with Crippen LogP contribution in [-0.4, -0.2) is 49.1 Å². The molecule has 0 aromatic carbocycles. The van der Waals surface area contributed by atoms with Gasteiger partial charge in [-0.2, -0.15) is 0 Å². The first-order valence-corrected chi connectivity index (χ1v) is 5.32. The Morgan fingerprint density at radius 2 is 2.33 bits per heavy atom. The quantitative estimate of drug-likeness (QED) is 0.659. The maximum atomic E-state index is 11.5. The van der Waals surface area contributed by atoms with Crippen molar-refractivity contribution in [3.8, 4) is 0 Å². The van der Waals surface area contributed by atoms with Crippen molar-refractivity contribution in [3.63, 3.8) is 0 Å². The van der Waals surface area contributed by atoms with Gasteiger partial charge in [0.2, 0.25) is 5.91 Å². The third-order valence-corrected chi connectivity index (χ3v) is 2.52. The van der Waals surface area contributed by atoms with Crippen molar-refractivity contribution in [2.75, 3.05) is 26.2 Å². The molecule has 1 unspecified atom stereocenters. The molecule has 1 heterocycles. The zero-order chi connectivity index (χ0) is 11.3. The van der Waals surface area contributed by atoms with E-state index >= 15 is 0 Å². The van der Waals surface area contributed by atoms with Crippen LogP contribution in [0, 0.1) is 0 Å². The molecule has 1 fully saturated rings. The molecule has 1 aliphatic rings. The molecule has 0 saturated carbocycles. The Kier molecular flexibility index (Phi) is 4.55. The smallest absolute Gasteiger partial charge is 0.323 e. The van der Waals surface area contributed by atoms with E-state index < -0.39 is 0 Å². The van der Waals surface area contributed by atoms with E-state index in [0.717, 1.165) is 0 Å². The first-order chi connectivity index (χ1) is 7.15. The Morgan fingerprint density at radius 3 is 3.00 bits per heavy atom. The molecule has 15 heavy (non-hydrogen) atoms. The van der Waals surface area contributed by atoms with Gasteiger partial charge in [-0.3, -0.25) is 14.5 Å². The van der Waals surface area contributed by atoms with Gasteiger partial charge in [-0.15, -0.1) is 0 Å². The van der Waals surface area contributed by atoms with Crippen LogP contribution >= 0.6 is 0 Å². The molecule has 0 aromatic rings. The van der Waals surface area contributed by atoms with Crippen molar-refractivity contribution in [3.05, 3.63) is 0 Å². The van der Waals surface area contributed by atoms with Crippen molar-refractivity contribution < 1.29 is 14.3 Å². The summed E-state index contributed by atoms with van der Waals surface area (Å²) in [6, 6.07) is -0.266. The second kappa shape index (κ2) is 5.70. The summed E-state index contributed by atoms with van der Waals surface area (Å²) in [6.07, 6.45) is 0.448.